The first-order valence-corrected chi connectivity index (χ1v) is 5.74. The fraction of sp³-hybridized carbons (Fsp3) is 0.364. The Morgan fingerprint density at radius 2 is 2.07 bits per heavy atom. The van der Waals surface area contributed by atoms with Gasteiger partial charge < -0.3 is 10.6 Å². The van der Waals surface area contributed by atoms with Gasteiger partial charge in [-0.05, 0) is 24.1 Å². The van der Waals surface area contributed by atoms with Crippen LogP contribution in [0.15, 0.2) is 22.7 Å². The standard InChI is InChI=1S/C11H13BrN2O/c1-6(2)10-11(15)14-9-5-7(12)3-4-8(9)13-10/h3-6,10,13H,1-2H3,(H,14,15). The minimum atomic E-state index is -0.140. The smallest absolute Gasteiger partial charge is 0.247 e. The maximum Gasteiger partial charge on any atom is 0.247 e. The van der Waals surface area contributed by atoms with Crippen LogP contribution in [0, 0.1) is 5.92 Å². The van der Waals surface area contributed by atoms with Crippen LogP contribution in [0.3, 0.4) is 0 Å². The lowest BCUT2D eigenvalue weighted by atomic mass is 10.0. The van der Waals surface area contributed by atoms with E-state index < -0.39 is 0 Å². The van der Waals surface area contributed by atoms with Crippen molar-refractivity contribution in [1.82, 2.24) is 0 Å². The number of hydrogen-bond acceptors (Lipinski definition) is 2. The normalized spacial score (nSPS) is 19.5. The molecule has 1 unspecified atom stereocenters. The summed E-state index contributed by atoms with van der Waals surface area (Å²) in [6.07, 6.45) is 0. The lowest BCUT2D eigenvalue weighted by Crippen LogP contribution is -2.42. The van der Waals surface area contributed by atoms with Crippen molar-refractivity contribution in [3.8, 4) is 0 Å². The Morgan fingerprint density at radius 1 is 1.33 bits per heavy atom. The molecule has 2 rings (SSSR count). The molecule has 0 fully saturated rings. The van der Waals surface area contributed by atoms with Crippen molar-refractivity contribution in [3.05, 3.63) is 22.7 Å². The molecule has 80 valence electrons. The van der Waals surface area contributed by atoms with E-state index in [1.165, 1.54) is 0 Å². The fourth-order valence-electron chi connectivity index (χ4n) is 1.66. The first kappa shape index (κ1) is 10.5. The first-order valence-electron chi connectivity index (χ1n) is 4.95. The lowest BCUT2D eigenvalue weighted by Gasteiger charge is -2.29. The first-order chi connectivity index (χ1) is 7.08. The average Bonchev–Trinajstić information content (AvgIpc) is 2.15. The fourth-order valence-corrected chi connectivity index (χ4v) is 2.02. The number of hydrogen-bond donors (Lipinski definition) is 2. The van der Waals surface area contributed by atoms with Gasteiger partial charge in [-0.25, -0.2) is 0 Å². The van der Waals surface area contributed by atoms with Crippen LogP contribution >= 0.6 is 15.9 Å². The largest absolute Gasteiger partial charge is 0.372 e. The second-order valence-corrected chi connectivity index (χ2v) is 4.96. The van der Waals surface area contributed by atoms with Gasteiger partial charge in [-0.2, -0.15) is 0 Å². The van der Waals surface area contributed by atoms with Crippen LogP contribution in [-0.4, -0.2) is 11.9 Å². The molecule has 0 aromatic heterocycles. The molecule has 1 heterocycles. The van der Waals surface area contributed by atoms with Gasteiger partial charge in [-0.15, -0.1) is 0 Å². The van der Waals surface area contributed by atoms with Gasteiger partial charge in [-0.1, -0.05) is 29.8 Å². The van der Waals surface area contributed by atoms with Crippen molar-refractivity contribution in [3.63, 3.8) is 0 Å². The van der Waals surface area contributed by atoms with Crippen LogP contribution < -0.4 is 10.6 Å². The molecule has 0 spiro atoms. The Morgan fingerprint density at radius 3 is 2.73 bits per heavy atom. The molecule has 0 radical (unpaired) electrons. The summed E-state index contributed by atoms with van der Waals surface area (Å²) in [5, 5.41) is 6.14. The number of fused-ring (bicyclic) bond motifs is 1. The number of anilines is 2. The van der Waals surface area contributed by atoms with E-state index in [4.69, 9.17) is 0 Å². The Kier molecular flexibility index (Phi) is 2.69. The molecule has 1 aliphatic heterocycles. The molecular formula is C11H13BrN2O. The van der Waals surface area contributed by atoms with Gasteiger partial charge in [0.1, 0.15) is 6.04 Å². The average molecular weight is 269 g/mol. The highest BCUT2D eigenvalue weighted by atomic mass is 79.9. The van der Waals surface area contributed by atoms with Gasteiger partial charge in [0.2, 0.25) is 5.91 Å². The molecule has 0 saturated carbocycles. The third kappa shape index (κ3) is 2.00. The molecule has 0 saturated heterocycles. The highest BCUT2D eigenvalue weighted by molar-refractivity contribution is 9.10. The molecule has 1 atom stereocenters. The number of halogens is 1. The van der Waals surface area contributed by atoms with Crippen LogP contribution in [-0.2, 0) is 4.79 Å². The quantitative estimate of drug-likeness (QED) is 0.823. The zero-order chi connectivity index (χ0) is 11.0. The third-order valence-electron chi connectivity index (χ3n) is 2.50. The minimum absolute atomic E-state index is 0.0376. The van der Waals surface area contributed by atoms with Gasteiger partial charge in [0, 0.05) is 4.47 Å². The van der Waals surface area contributed by atoms with E-state index >= 15 is 0 Å². The number of rotatable bonds is 1. The van der Waals surface area contributed by atoms with E-state index in [0.29, 0.717) is 0 Å². The van der Waals surface area contributed by atoms with E-state index in [2.05, 4.69) is 26.6 Å². The molecule has 1 aromatic carbocycles. The summed E-state index contributed by atoms with van der Waals surface area (Å²) >= 11 is 3.38. The molecule has 0 aliphatic carbocycles. The lowest BCUT2D eigenvalue weighted by molar-refractivity contribution is -0.117. The summed E-state index contributed by atoms with van der Waals surface area (Å²) in [5.74, 6) is 0.317. The summed E-state index contributed by atoms with van der Waals surface area (Å²) in [5.41, 5.74) is 1.82. The molecule has 0 bridgehead atoms. The molecule has 4 heteroatoms. The van der Waals surface area contributed by atoms with Gasteiger partial charge >= 0.3 is 0 Å². The van der Waals surface area contributed by atoms with Gasteiger partial charge in [0.15, 0.2) is 0 Å². The summed E-state index contributed by atoms with van der Waals surface area (Å²) < 4.78 is 0.964. The van der Waals surface area contributed by atoms with Crippen molar-refractivity contribution in [1.29, 1.82) is 0 Å². The predicted molar refractivity (Wildman–Crippen MR) is 65.0 cm³/mol. The highest BCUT2D eigenvalue weighted by Crippen LogP contribution is 2.31. The monoisotopic (exact) mass is 268 g/mol. The molecule has 15 heavy (non-hydrogen) atoms. The minimum Gasteiger partial charge on any atom is -0.372 e. The molecule has 1 amide bonds. The zero-order valence-corrected chi connectivity index (χ0v) is 10.3. The SMILES string of the molecule is CC(C)C1Nc2ccc(Br)cc2NC1=O. The predicted octanol–water partition coefficient (Wildman–Crippen LogP) is 2.84. The number of benzene rings is 1. The topological polar surface area (TPSA) is 41.1 Å². The third-order valence-corrected chi connectivity index (χ3v) is 2.99. The second-order valence-electron chi connectivity index (χ2n) is 4.05. The van der Waals surface area contributed by atoms with E-state index in [1.807, 2.05) is 32.0 Å². The Hall–Kier alpha value is -1.03. The summed E-state index contributed by atoms with van der Waals surface area (Å²) in [6.45, 7) is 4.06. The van der Waals surface area contributed by atoms with E-state index in [-0.39, 0.29) is 17.9 Å². The van der Waals surface area contributed by atoms with E-state index in [1.54, 1.807) is 0 Å². The molecule has 2 N–H and O–H groups in total. The summed E-state index contributed by atoms with van der Waals surface area (Å²) in [7, 11) is 0. The number of amides is 1. The van der Waals surface area contributed by atoms with Gasteiger partial charge in [-0.3, -0.25) is 4.79 Å². The zero-order valence-electron chi connectivity index (χ0n) is 8.67. The maximum absolute atomic E-state index is 11.7. The summed E-state index contributed by atoms with van der Waals surface area (Å²) in [4.78, 5) is 11.7. The van der Waals surface area contributed by atoms with Crippen molar-refractivity contribution < 1.29 is 4.79 Å². The number of carbonyl (C=O) groups is 1. The Balaban J connectivity index is 2.34. The van der Waals surface area contributed by atoms with Crippen LogP contribution in [0.4, 0.5) is 11.4 Å². The van der Waals surface area contributed by atoms with E-state index in [9.17, 15) is 4.79 Å². The molecular weight excluding hydrogens is 256 g/mol. The van der Waals surface area contributed by atoms with Crippen LogP contribution in [0.2, 0.25) is 0 Å². The Bertz CT molecular complexity index is 404. The van der Waals surface area contributed by atoms with Crippen LogP contribution in [0.1, 0.15) is 13.8 Å². The summed E-state index contributed by atoms with van der Waals surface area (Å²) in [6, 6.07) is 5.68. The number of nitrogens with one attached hydrogen (secondary N) is 2. The number of carbonyl (C=O) groups excluding carboxylic acids is 1. The molecule has 1 aromatic rings. The molecule has 1 aliphatic rings. The van der Waals surface area contributed by atoms with Gasteiger partial charge in [0.25, 0.3) is 0 Å². The van der Waals surface area contributed by atoms with Crippen molar-refractivity contribution in [2.75, 3.05) is 10.6 Å². The van der Waals surface area contributed by atoms with Crippen molar-refractivity contribution in [2.45, 2.75) is 19.9 Å². The molecule has 3 nitrogen and oxygen atoms in total. The van der Waals surface area contributed by atoms with Crippen molar-refractivity contribution in [2.24, 2.45) is 5.92 Å². The van der Waals surface area contributed by atoms with Crippen LogP contribution in [0.5, 0.6) is 0 Å². The van der Waals surface area contributed by atoms with Gasteiger partial charge in [0.05, 0.1) is 11.4 Å². The van der Waals surface area contributed by atoms with Crippen molar-refractivity contribution >= 4 is 33.2 Å². The van der Waals surface area contributed by atoms with E-state index in [0.717, 1.165) is 15.8 Å². The maximum atomic E-state index is 11.7. The second kappa shape index (κ2) is 3.85. The van der Waals surface area contributed by atoms with Crippen LogP contribution in [0.25, 0.3) is 0 Å². The Labute approximate surface area is 97.4 Å². The highest BCUT2D eigenvalue weighted by Gasteiger charge is 2.27.